The lowest BCUT2D eigenvalue weighted by atomic mass is 10.2. The largest absolute Gasteiger partial charge is 0.453 e. The van der Waals surface area contributed by atoms with Crippen molar-refractivity contribution in [2.24, 2.45) is 0 Å². The third-order valence-electron chi connectivity index (χ3n) is 3.28. The van der Waals surface area contributed by atoms with Gasteiger partial charge < -0.3 is 15.4 Å². The van der Waals surface area contributed by atoms with Crippen LogP contribution in [0.1, 0.15) is 16.1 Å². The second kappa shape index (κ2) is 9.34. The lowest BCUT2D eigenvalue weighted by Crippen LogP contribution is -2.46. The number of carbonyl (C=O) groups is 3. The summed E-state index contributed by atoms with van der Waals surface area (Å²) in [4.78, 5) is 42.4. The quantitative estimate of drug-likeness (QED) is 0.545. The molecular formula is C16H15F3N6O4. The van der Waals surface area contributed by atoms with E-state index in [4.69, 9.17) is 0 Å². The van der Waals surface area contributed by atoms with Crippen molar-refractivity contribution in [3.8, 4) is 0 Å². The number of carbonyl (C=O) groups excluding carboxylic acids is 3. The van der Waals surface area contributed by atoms with E-state index in [9.17, 15) is 27.6 Å². The molecule has 0 saturated carbocycles. The summed E-state index contributed by atoms with van der Waals surface area (Å²) in [5.41, 5.74) is 3.30. The molecule has 0 saturated heterocycles. The van der Waals surface area contributed by atoms with Gasteiger partial charge in [0.05, 0.1) is 12.7 Å². The number of benzene rings is 1. The molecule has 13 heteroatoms. The zero-order chi connectivity index (χ0) is 21.4. The molecule has 0 atom stereocenters. The first-order chi connectivity index (χ1) is 13.7. The van der Waals surface area contributed by atoms with E-state index < -0.39 is 36.2 Å². The number of nitrogens with one attached hydrogen (secondary N) is 4. The summed E-state index contributed by atoms with van der Waals surface area (Å²) < 4.78 is 42.2. The molecule has 0 unspecified atom stereocenters. The predicted octanol–water partition coefficient (Wildman–Crippen LogP) is 1.36. The molecule has 154 valence electrons. The van der Waals surface area contributed by atoms with Gasteiger partial charge in [0.25, 0.3) is 11.8 Å². The number of halogens is 3. The maximum absolute atomic E-state index is 12.6. The summed E-state index contributed by atoms with van der Waals surface area (Å²) in [5, 5.41) is 4.79. The van der Waals surface area contributed by atoms with Gasteiger partial charge in [-0.15, -0.1) is 0 Å². The van der Waals surface area contributed by atoms with E-state index in [2.05, 4.69) is 30.8 Å². The molecule has 0 aliphatic heterocycles. The number of hydrogen-bond acceptors (Lipinski definition) is 7. The van der Waals surface area contributed by atoms with Gasteiger partial charge in [0.1, 0.15) is 6.54 Å². The highest BCUT2D eigenvalue weighted by Crippen LogP contribution is 2.30. The van der Waals surface area contributed by atoms with Crippen LogP contribution in [0.15, 0.2) is 36.7 Å². The molecule has 1 heterocycles. The van der Waals surface area contributed by atoms with Crippen molar-refractivity contribution < 1.29 is 32.3 Å². The van der Waals surface area contributed by atoms with Crippen molar-refractivity contribution in [1.82, 2.24) is 26.1 Å². The number of nitrogens with zero attached hydrogens (tertiary/aromatic N) is 2. The summed E-state index contributed by atoms with van der Waals surface area (Å²) in [6.45, 7) is -0.454. The Labute approximate surface area is 161 Å². The molecule has 0 radical (unpaired) electrons. The van der Waals surface area contributed by atoms with Gasteiger partial charge in [-0.05, 0) is 24.3 Å². The minimum absolute atomic E-state index is 0.0494. The minimum Gasteiger partial charge on any atom is -0.453 e. The molecule has 10 nitrogen and oxygen atoms in total. The summed E-state index contributed by atoms with van der Waals surface area (Å²) in [7, 11) is 1.12. The minimum atomic E-state index is -4.48. The van der Waals surface area contributed by atoms with Crippen molar-refractivity contribution >= 4 is 29.4 Å². The van der Waals surface area contributed by atoms with E-state index in [1.54, 1.807) is 0 Å². The van der Waals surface area contributed by atoms with Crippen molar-refractivity contribution in [3.63, 3.8) is 0 Å². The van der Waals surface area contributed by atoms with Gasteiger partial charge in [0.15, 0.2) is 11.5 Å². The number of amides is 3. The number of methoxy groups -OCH3 is 1. The third kappa shape index (κ3) is 6.34. The average molecular weight is 412 g/mol. The molecule has 2 rings (SSSR count). The molecule has 1 aromatic heterocycles. The van der Waals surface area contributed by atoms with E-state index in [0.29, 0.717) is 0 Å². The third-order valence-corrected chi connectivity index (χ3v) is 3.28. The van der Waals surface area contributed by atoms with Crippen LogP contribution in [0, 0.1) is 0 Å². The summed E-state index contributed by atoms with van der Waals surface area (Å²) in [5.74, 6) is -1.64. The van der Waals surface area contributed by atoms with E-state index in [1.165, 1.54) is 24.5 Å². The predicted molar refractivity (Wildman–Crippen MR) is 92.8 cm³/mol. The molecule has 1 aromatic carbocycles. The number of hydrazine groups is 1. The van der Waals surface area contributed by atoms with Crippen LogP contribution < -0.4 is 21.5 Å². The summed E-state index contributed by atoms with van der Waals surface area (Å²) >= 11 is 0. The smallest absolute Gasteiger partial charge is 0.416 e. The van der Waals surface area contributed by atoms with Gasteiger partial charge >= 0.3 is 12.3 Å². The zero-order valence-corrected chi connectivity index (χ0v) is 14.8. The van der Waals surface area contributed by atoms with Crippen LogP contribution in [0.4, 0.5) is 29.5 Å². The Morgan fingerprint density at radius 2 is 1.69 bits per heavy atom. The lowest BCUT2D eigenvalue weighted by molar-refractivity contribution is -0.137. The average Bonchev–Trinajstić information content (AvgIpc) is 2.70. The first kappa shape index (κ1) is 21.4. The number of rotatable bonds is 5. The highest BCUT2D eigenvalue weighted by molar-refractivity contribution is 5.98. The second-order valence-electron chi connectivity index (χ2n) is 5.30. The van der Waals surface area contributed by atoms with E-state index in [0.717, 1.165) is 19.2 Å². The maximum Gasteiger partial charge on any atom is 0.416 e. The van der Waals surface area contributed by atoms with Crippen molar-refractivity contribution in [2.45, 2.75) is 6.18 Å². The first-order valence-electron chi connectivity index (χ1n) is 7.87. The molecule has 0 aliphatic rings. The first-order valence-corrected chi connectivity index (χ1v) is 7.87. The van der Waals surface area contributed by atoms with Crippen LogP contribution >= 0.6 is 0 Å². The van der Waals surface area contributed by atoms with Gasteiger partial charge in [-0.3, -0.25) is 20.4 Å². The van der Waals surface area contributed by atoms with Gasteiger partial charge in [0, 0.05) is 18.1 Å². The van der Waals surface area contributed by atoms with Crippen LogP contribution in [0.5, 0.6) is 0 Å². The number of alkyl halides is 3. The van der Waals surface area contributed by atoms with E-state index in [-0.39, 0.29) is 17.2 Å². The van der Waals surface area contributed by atoms with Crippen molar-refractivity contribution in [2.75, 3.05) is 19.0 Å². The highest BCUT2D eigenvalue weighted by Gasteiger charge is 2.30. The van der Waals surface area contributed by atoms with Gasteiger partial charge in [-0.1, -0.05) is 0 Å². The van der Waals surface area contributed by atoms with E-state index >= 15 is 0 Å². The maximum atomic E-state index is 12.6. The van der Waals surface area contributed by atoms with Crippen LogP contribution in [0.3, 0.4) is 0 Å². The van der Waals surface area contributed by atoms with Crippen LogP contribution in [-0.2, 0) is 15.7 Å². The normalized spacial score (nSPS) is 10.6. The molecule has 3 amide bonds. The fourth-order valence-electron chi connectivity index (χ4n) is 1.93. The Bertz CT molecular complexity index is 889. The fraction of sp³-hybridized carbons (Fsp3) is 0.188. The number of anilines is 2. The van der Waals surface area contributed by atoms with E-state index in [1.807, 2.05) is 5.43 Å². The van der Waals surface area contributed by atoms with Crippen molar-refractivity contribution in [3.05, 3.63) is 47.9 Å². The number of alkyl carbamates (subject to hydrolysis) is 1. The summed E-state index contributed by atoms with van der Waals surface area (Å²) in [6.07, 6.45) is -2.82. The number of ether oxygens (including phenoxy) is 1. The Balaban J connectivity index is 2.01. The molecule has 29 heavy (non-hydrogen) atoms. The lowest BCUT2D eigenvalue weighted by Gasteiger charge is -2.12. The monoisotopic (exact) mass is 412 g/mol. The zero-order valence-electron chi connectivity index (χ0n) is 14.8. The van der Waals surface area contributed by atoms with Crippen molar-refractivity contribution in [1.29, 1.82) is 0 Å². The van der Waals surface area contributed by atoms with Gasteiger partial charge in [-0.25, -0.2) is 14.8 Å². The standard InChI is InChI=1S/C16H15F3N6O4/c1-29-15(28)22-8-11(26)24-25-14(27)12-13(21-7-6-20-12)23-10-4-2-9(3-5-10)16(17,18)19/h2-7H,8H2,1H3,(H,21,23)(H,22,28)(H,24,26)(H,25,27). The Hall–Kier alpha value is -3.90. The molecule has 0 fully saturated rings. The fourth-order valence-corrected chi connectivity index (χ4v) is 1.93. The van der Waals surface area contributed by atoms with Crippen LogP contribution in [0.2, 0.25) is 0 Å². The van der Waals surface area contributed by atoms with Crippen LogP contribution in [0.25, 0.3) is 0 Å². The second-order valence-corrected chi connectivity index (χ2v) is 5.30. The molecule has 4 N–H and O–H groups in total. The Morgan fingerprint density at radius 3 is 2.31 bits per heavy atom. The molecular weight excluding hydrogens is 397 g/mol. The molecule has 0 spiro atoms. The number of hydrogen-bond donors (Lipinski definition) is 4. The van der Waals surface area contributed by atoms with Gasteiger partial charge in [-0.2, -0.15) is 13.2 Å². The summed E-state index contributed by atoms with van der Waals surface area (Å²) in [6, 6.07) is 4.07. The van der Waals surface area contributed by atoms with Crippen LogP contribution in [-0.4, -0.2) is 41.5 Å². The SMILES string of the molecule is COC(=O)NCC(=O)NNC(=O)c1nccnc1Nc1ccc(C(F)(F)F)cc1. The number of aromatic nitrogens is 2. The highest BCUT2D eigenvalue weighted by atomic mass is 19.4. The Kier molecular flexibility index (Phi) is 6.89. The molecule has 2 aromatic rings. The topological polar surface area (TPSA) is 134 Å². The Morgan fingerprint density at radius 1 is 1.03 bits per heavy atom. The molecule has 0 aliphatic carbocycles. The van der Waals surface area contributed by atoms with Gasteiger partial charge in [0.2, 0.25) is 0 Å². The molecule has 0 bridgehead atoms.